The van der Waals surface area contributed by atoms with E-state index in [1.54, 1.807) is 13.4 Å². The van der Waals surface area contributed by atoms with Gasteiger partial charge in [-0.2, -0.15) is 0 Å². The Bertz CT molecular complexity index is 488. The lowest BCUT2D eigenvalue weighted by molar-refractivity contribution is 0.0994. The highest BCUT2D eigenvalue weighted by Crippen LogP contribution is 2.52. The Balaban J connectivity index is 1.44. The van der Waals surface area contributed by atoms with E-state index in [-0.39, 0.29) is 6.09 Å². The van der Waals surface area contributed by atoms with E-state index in [1.807, 2.05) is 35.2 Å². The highest BCUT2D eigenvalue weighted by atomic mass is 16.6. The highest BCUT2D eigenvalue weighted by molar-refractivity contribution is 5.68. The van der Waals surface area contributed by atoms with Crippen LogP contribution in [0.15, 0.2) is 42.7 Å². The number of allylic oxidation sites excluding steroid dienone is 1. The van der Waals surface area contributed by atoms with E-state index in [2.05, 4.69) is 6.08 Å². The van der Waals surface area contributed by atoms with E-state index < -0.39 is 0 Å². The van der Waals surface area contributed by atoms with Gasteiger partial charge in [0.15, 0.2) is 0 Å². The quantitative estimate of drug-likeness (QED) is 0.792. The number of amides is 1. The van der Waals surface area contributed by atoms with Gasteiger partial charge >= 0.3 is 6.09 Å². The van der Waals surface area contributed by atoms with Crippen LogP contribution in [-0.4, -0.2) is 31.2 Å². The van der Waals surface area contributed by atoms with Gasteiger partial charge < -0.3 is 14.4 Å². The Labute approximate surface area is 119 Å². The van der Waals surface area contributed by atoms with E-state index in [0.717, 1.165) is 18.7 Å². The Hall–Kier alpha value is -1.97. The normalized spacial score (nSPS) is 27.4. The average molecular weight is 273 g/mol. The lowest BCUT2D eigenvalue weighted by Gasteiger charge is -2.18. The zero-order valence-corrected chi connectivity index (χ0v) is 11.6. The maximum absolute atomic E-state index is 12.0. The van der Waals surface area contributed by atoms with Gasteiger partial charge in [-0.25, -0.2) is 4.79 Å². The fourth-order valence-electron chi connectivity index (χ4n) is 2.99. The fourth-order valence-corrected chi connectivity index (χ4v) is 2.99. The Morgan fingerprint density at radius 2 is 2.00 bits per heavy atom. The molecule has 1 saturated heterocycles. The standard InChI is InChI=1S/C16H19NO3/c1-19-8-7-13-14-9-17(10-15(13)14)16(18)20-11-12-5-3-2-4-6-12/h2-8,13-15H,9-11H2,1H3/t13-,14-,15+. The van der Waals surface area contributed by atoms with Crippen LogP contribution in [0.2, 0.25) is 0 Å². The van der Waals surface area contributed by atoms with Crippen LogP contribution < -0.4 is 0 Å². The number of ether oxygens (including phenoxy) is 2. The maximum atomic E-state index is 12.0. The van der Waals surface area contributed by atoms with Crippen LogP contribution in [0.3, 0.4) is 0 Å². The molecule has 1 aliphatic carbocycles. The molecule has 0 spiro atoms. The van der Waals surface area contributed by atoms with E-state index >= 15 is 0 Å². The Kier molecular flexibility index (Phi) is 3.63. The van der Waals surface area contributed by atoms with Gasteiger partial charge in [0.05, 0.1) is 13.4 Å². The molecule has 1 heterocycles. The Morgan fingerprint density at radius 3 is 2.65 bits per heavy atom. The minimum absolute atomic E-state index is 0.199. The predicted molar refractivity (Wildman–Crippen MR) is 74.8 cm³/mol. The fraction of sp³-hybridized carbons (Fsp3) is 0.438. The molecule has 0 aromatic heterocycles. The van der Waals surface area contributed by atoms with Crippen molar-refractivity contribution in [1.29, 1.82) is 0 Å². The van der Waals surface area contributed by atoms with Crippen LogP contribution in [0.4, 0.5) is 4.79 Å². The van der Waals surface area contributed by atoms with Crippen LogP contribution in [0.5, 0.6) is 0 Å². The predicted octanol–water partition coefficient (Wildman–Crippen LogP) is 2.66. The molecule has 1 aromatic carbocycles. The molecular formula is C16H19NO3. The van der Waals surface area contributed by atoms with Gasteiger partial charge in [0.1, 0.15) is 6.61 Å². The molecule has 1 aliphatic heterocycles. The monoisotopic (exact) mass is 273 g/mol. The molecule has 0 unspecified atom stereocenters. The van der Waals surface area contributed by atoms with Gasteiger partial charge in [-0.3, -0.25) is 0 Å². The van der Waals surface area contributed by atoms with E-state index in [1.165, 1.54) is 0 Å². The third-order valence-corrected chi connectivity index (χ3v) is 4.16. The first-order valence-corrected chi connectivity index (χ1v) is 6.94. The molecule has 2 aliphatic rings. The van der Waals surface area contributed by atoms with Crippen molar-refractivity contribution < 1.29 is 14.3 Å². The summed E-state index contributed by atoms with van der Waals surface area (Å²) in [5.74, 6) is 1.75. The molecule has 4 nitrogen and oxygen atoms in total. The number of hydrogen-bond acceptors (Lipinski definition) is 3. The lowest BCUT2D eigenvalue weighted by atomic mass is 10.2. The number of nitrogens with zero attached hydrogens (tertiary/aromatic N) is 1. The molecule has 106 valence electrons. The molecule has 1 aromatic rings. The van der Waals surface area contributed by atoms with Crippen LogP contribution in [0.25, 0.3) is 0 Å². The number of carbonyl (C=O) groups is 1. The van der Waals surface area contributed by atoms with Crippen molar-refractivity contribution in [3.05, 3.63) is 48.2 Å². The summed E-state index contributed by atoms with van der Waals surface area (Å²) in [6.07, 6.45) is 3.64. The second-order valence-corrected chi connectivity index (χ2v) is 5.41. The topological polar surface area (TPSA) is 38.8 Å². The smallest absolute Gasteiger partial charge is 0.410 e. The maximum Gasteiger partial charge on any atom is 0.410 e. The van der Waals surface area contributed by atoms with Crippen LogP contribution in [0, 0.1) is 17.8 Å². The van der Waals surface area contributed by atoms with Crippen LogP contribution >= 0.6 is 0 Å². The molecule has 1 saturated carbocycles. The van der Waals surface area contributed by atoms with Gasteiger partial charge in [-0.15, -0.1) is 0 Å². The molecule has 20 heavy (non-hydrogen) atoms. The van der Waals surface area contributed by atoms with Gasteiger partial charge in [0, 0.05) is 13.1 Å². The Morgan fingerprint density at radius 1 is 1.30 bits per heavy atom. The summed E-state index contributed by atoms with van der Waals surface area (Å²) in [7, 11) is 1.65. The summed E-state index contributed by atoms with van der Waals surface area (Å²) < 4.78 is 10.3. The number of hydrogen-bond donors (Lipinski definition) is 0. The zero-order valence-electron chi connectivity index (χ0n) is 11.6. The molecule has 0 N–H and O–H groups in total. The van der Waals surface area contributed by atoms with Crippen molar-refractivity contribution in [3.8, 4) is 0 Å². The number of methoxy groups -OCH3 is 1. The number of rotatable bonds is 4. The summed E-state index contributed by atoms with van der Waals surface area (Å²) in [6.45, 7) is 1.95. The summed E-state index contributed by atoms with van der Waals surface area (Å²) in [4.78, 5) is 13.8. The van der Waals surface area contributed by atoms with Crippen LogP contribution in [0.1, 0.15) is 5.56 Å². The highest BCUT2D eigenvalue weighted by Gasteiger charge is 2.55. The minimum atomic E-state index is -0.199. The van der Waals surface area contributed by atoms with Gasteiger partial charge in [-0.1, -0.05) is 30.3 Å². The third kappa shape index (κ3) is 2.64. The number of likely N-dealkylation sites (tertiary alicyclic amines) is 1. The van der Waals surface area contributed by atoms with Crippen molar-refractivity contribution in [1.82, 2.24) is 4.90 Å². The summed E-state index contributed by atoms with van der Waals surface area (Å²) in [6, 6.07) is 9.76. The first-order valence-electron chi connectivity index (χ1n) is 6.94. The first kappa shape index (κ1) is 13.0. The summed E-state index contributed by atoms with van der Waals surface area (Å²) >= 11 is 0. The van der Waals surface area contributed by atoms with Gasteiger partial charge in [0.2, 0.25) is 0 Å². The van der Waals surface area contributed by atoms with Crippen molar-refractivity contribution in [2.75, 3.05) is 20.2 Å². The first-order chi connectivity index (χ1) is 9.79. The molecule has 2 fully saturated rings. The second kappa shape index (κ2) is 5.57. The molecule has 4 heteroatoms. The summed E-state index contributed by atoms with van der Waals surface area (Å²) in [5, 5.41) is 0. The second-order valence-electron chi connectivity index (χ2n) is 5.41. The number of fused-ring (bicyclic) bond motifs is 1. The molecular weight excluding hydrogens is 254 g/mol. The number of piperidine rings is 1. The largest absolute Gasteiger partial charge is 0.505 e. The summed E-state index contributed by atoms with van der Waals surface area (Å²) in [5.41, 5.74) is 1.02. The molecule has 3 atom stereocenters. The third-order valence-electron chi connectivity index (χ3n) is 4.16. The van der Waals surface area contributed by atoms with Gasteiger partial charge in [-0.05, 0) is 29.4 Å². The van der Waals surface area contributed by atoms with Crippen molar-refractivity contribution in [2.24, 2.45) is 17.8 Å². The average Bonchev–Trinajstić information content (AvgIpc) is 2.93. The van der Waals surface area contributed by atoms with Crippen molar-refractivity contribution >= 4 is 6.09 Å². The lowest BCUT2D eigenvalue weighted by Crippen LogP contribution is -2.31. The molecule has 3 rings (SSSR count). The molecule has 0 bridgehead atoms. The van der Waals surface area contributed by atoms with E-state index in [4.69, 9.17) is 9.47 Å². The number of carbonyl (C=O) groups excluding carboxylic acids is 1. The van der Waals surface area contributed by atoms with Crippen molar-refractivity contribution in [2.45, 2.75) is 6.61 Å². The van der Waals surface area contributed by atoms with Crippen LogP contribution in [-0.2, 0) is 16.1 Å². The molecule has 1 amide bonds. The molecule has 0 radical (unpaired) electrons. The van der Waals surface area contributed by atoms with E-state index in [9.17, 15) is 4.79 Å². The van der Waals surface area contributed by atoms with E-state index in [0.29, 0.717) is 24.4 Å². The number of benzene rings is 1. The van der Waals surface area contributed by atoms with Gasteiger partial charge in [0.25, 0.3) is 0 Å². The SMILES string of the molecule is COC=C[C@@H]1[C@H]2CN(C(=O)OCc3ccccc3)C[C@@H]12. The minimum Gasteiger partial charge on any atom is -0.505 e. The zero-order chi connectivity index (χ0) is 13.9. The van der Waals surface area contributed by atoms with Crippen molar-refractivity contribution in [3.63, 3.8) is 0 Å².